The number of fused-ring (bicyclic) bond motifs is 1. The summed E-state index contributed by atoms with van der Waals surface area (Å²) in [5.74, 6) is 0.386. The number of nitrogens with two attached hydrogens (primary N) is 1. The molecule has 3 aromatic rings. The summed E-state index contributed by atoms with van der Waals surface area (Å²) < 4.78 is 44.9. The fourth-order valence-corrected chi connectivity index (χ4v) is 2.08. The minimum Gasteiger partial charge on any atom is -0.454 e. The lowest BCUT2D eigenvalue weighted by atomic mass is 10.1. The first kappa shape index (κ1) is 12.6. The molecule has 3 rings (SSSR count). The molecule has 1 aromatic carbocycles. The summed E-state index contributed by atoms with van der Waals surface area (Å²) in [6.07, 6.45) is -2.93. The van der Waals surface area contributed by atoms with Crippen molar-refractivity contribution in [2.75, 3.05) is 5.73 Å². The average Bonchev–Trinajstić information content (AvgIpc) is 2.90. The van der Waals surface area contributed by atoms with Gasteiger partial charge in [0.1, 0.15) is 11.3 Å². The fourth-order valence-electron chi connectivity index (χ4n) is 2.08. The van der Waals surface area contributed by atoms with E-state index in [4.69, 9.17) is 10.2 Å². The first-order valence-corrected chi connectivity index (χ1v) is 5.75. The van der Waals surface area contributed by atoms with Crippen LogP contribution in [0.5, 0.6) is 0 Å². The molecular formula is C13H10F3N3O. The van der Waals surface area contributed by atoms with E-state index >= 15 is 0 Å². The highest BCUT2D eigenvalue weighted by Crippen LogP contribution is 2.35. The van der Waals surface area contributed by atoms with Gasteiger partial charge in [-0.15, -0.1) is 0 Å². The Morgan fingerprint density at radius 1 is 1.25 bits per heavy atom. The molecule has 0 fully saturated rings. The Labute approximate surface area is 111 Å². The predicted molar refractivity (Wildman–Crippen MR) is 67.8 cm³/mol. The van der Waals surface area contributed by atoms with Crippen LogP contribution in [0.15, 0.2) is 34.9 Å². The van der Waals surface area contributed by atoms with E-state index in [1.165, 1.54) is 16.9 Å². The fraction of sp³-hybridized carbons (Fsp3) is 0.154. The van der Waals surface area contributed by atoms with Crippen molar-refractivity contribution in [1.29, 1.82) is 0 Å². The van der Waals surface area contributed by atoms with E-state index < -0.39 is 11.7 Å². The van der Waals surface area contributed by atoms with Crippen LogP contribution in [-0.2, 0) is 13.2 Å². The number of alkyl halides is 3. The minimum absolute atomic E-state index is 0.162. The molecule has 20 heavy (non-hydrogen) atoms. The molecule has 0 atom stereocenters. The number of anilines is 1. The Morgan fingerprint density at radius 2 is 2.00 bits per heavy atom. The van der Waals surface area contributed by atoms with Gasteiger partial charge in [0, 0.05) is 12.4 Å². The lowest BCUT2D eigenvalue weighted by Gasteiger charge is -2.05. The van der Waals surface area contributed by atoms with E-state index in [1.54, 1.807) is 13.1 Å². The van der Waals surface area contributed by atoms with Crippen molar-refractivity contribution in [1.82, 2.24) is 9.78 Å². The van der Waals surface area contributed by atoms with Crippen LogP contribution in [0, 0.1) is 0 Å². The van der Waals surface area contributed by atoms with Crippen LogP contribution in [0.1, 0.15) is 5.56 Å². The number of aromatic nitrogens is 2. The molecule has 0 aliphatic rings. The second-order valence-corrected chi connectivity index (χ2v) is 4.43. The van der Waals surface area contributed by atoms with Crippen molar-refractivity contribution in [2.45, 2.75) is 6.18 Å². The quantitative estimate of drug-likeness (QED) is 0.743. The van der Waals surface area contributed by atoms with Gasteiger partial charge in [0.25, 0.3) is 0 Å². The van der Waals surface area contributed by atoms with Gasteiger partial charge in [-0.25, -0.2) is 0 Å². The molecule has 0 aliphatic heterocycles. The molecule has 2 aromatic heterocycles. The maximum atomic E-state index is 12.6. The molecule has 0 bridgehead atoms. The van der Waals surface area contributed by atoms with Crippen molar-refractivity contribution >= 4 is 16.7 Å². The Kier molecular flexibility index (Phi) is 2.53. The molecule has 0 unspecified atom stereocenters. The van der Waals surface area contributed by atoms with Gasteiger partial charge in [-0.05, 0) is 18.2 Å². The van der Waals surface area contributed by atoms with Gasteiger partial charge in [0.05, 0.1) is 17.4 Å². The summed E-state index contributed by atoms with van der Waals surface area (Å²) in [6, 6.07) is 5.01. The zero-order valence-electron chi connectivity index (χ0n) is 10.4. The monoisotopic (exact) mass is 281 g/mol. The first-order chi connectivity index (χ1) is 9.36. The topological polar surface area (TPSA) is 57.0 Å². The number of rotatable bonds is 1. The van der Waals surface area contributed by atoms with Crippen molar-refractivity contribution in [2.24, 2.45) is 7.05 Å². The van der Waals surface area contributed by atoms with Gasteiger partial charge < -0.3 is 10.2 Å². The van der Waals surface area contributed by atoms with Gasteiger partial charge >= 0.3 is 6.18 Å². The number of benzene rings is 1. The Bertz CT molecular complexity index is 766. The minimum atomic E-state index is -4.40. The van der Waals surface area contributed by atoms with Crippen LogP contribution >= 0.6 is 0 Å². The standard InChI is InChI=1S/C13H10F3N3O/c1-19-12(9(17)6-18-19)11-4-7-2-3-8(13(14,15)16)5-10(7)20-11/h2-6H,17H2,1H3. The molecule has 0 saturated heterocycles. The maximum Gasteiger partial charge on any atom is 0.416 e. The summed E-state index contributed by atoms with van der Waals surface area (Å²) in [5, 5.41) is 4.55. The molecule has 2 N–H and O–H groups in total. The van der Waals surface area contributed by atoms with Gasteiger partial charge in [0.2, 0.25) is 0 Å². The number of hydrogen-bond acceptors (Lipinski definition) is 3. The Balaban J connectivity index is 2.17. The number of halogens is 3. The second kappa shape index (κ2) is 4.03. The van der Waals surface area contributed by atoms with Crippen LogP contribution in [0.4, 0.5) is 18.9 Å². The summed E-state index contributed by atoms with van der Waals surface area (Å²) in [7, 11) is 1.68. The van der Waals surface area contributed by atoms with Gasteiger partial charge in [0.15, 0.2) is 5.76 Å². The third-order valence-electron chi connectivity index (χ3n) is 3.05. The first-order valence-electron chi connectivity index (χ1n) is 5.75. The third-order valence-corrected chi connectivity index (χ3v) is 3.05. The zero-order valence-corrected chi connectivity index (χ0v) is 10.4. The summed E-state index contributed by atoms with van der Waals surface area (Å²) >= 11 is 0. The predicted octanol–water partition coefficient (Wildman–Crippen LogP) is 3.43. The van der Waals surface area contributed by atoms with E-state index in [0.717, 1.165) is 12.1 Å². The summed E-state index contributed by atoms with van der Waals surface area (Å²) in [5.41, 5.74) is 6.13. The van der Waals surface area contributed by atoms with Gasteiger partial charge in [-0.2, -0.15) is 18.3 Å². The van der Waals surface area contributed by atoms with Crippen molar-refractivity contribution in [3.05, 3.63) is 36.0 Å². The molecule has 0 aliphatic carbocycles. The van der Waals surface area contributed by atoms with E-state index in [-0.39, 0.29) is 5.58 Å². The average molecular weight is 281 g/mol. The van der Waals surface area contributed by atoms with E-state index in [1.807, 2.05) is 0 Å². The summed E-state index contributed by atoms with van der Waals surface area (Å²) in [4.78, 5) is 0. The van der Waals surface area contributed by atoms with Gasteiger partial charge in [-0.3, -0.25) is 4.68 Å². The smallest absolute Gasteiger partial charge is 0.416 e. The highest BCUT2D eigenvalue weighted by Gasteiger charge is 2.31. The molecule has 2 heterocycles. The number of furan rings is 1. The highest BCUT2D eigenvalue weighted by molar-refractivity contribution is 5.85. The van der Waals surface area contributed by atoms with Crippen LogP contribution in [0.25, 0.3) is 22.4 Å². The van der Waals surface area contributed by atoms with Crippen LogP contribution in [0.2, 0.25) is 0 Å². The van der Waals surface area contributed by atoms with E-state index in [9.17, 15) is 13.2 Å². The maximum absolute atomic E-state index is 12.6. The lowest BCUT2D eigenvalue weighted by molar-refractivity contribution is -0.137. The number of aryl methyl sites for hydroxylation is 1. The molecule has 7 heteroatoms. The SMILES string of the molecule is Cn1ncc(N)c1-c1cc2ccc(C(F)(F)F)cc2o1. The molecule has 0 amide bonds. The lowest BCUT2D eigenvalue weighted by Crippen LogP contribution is -2.03. The van der Waals surface area contributed by atoms with Crippen molar-refractivity contribution < 1.29 is 17.6 Å². The molecule has 104 valence electrons. The Hall–Kier alpha value is -2.44. The van der Waals surface area contributed by atoms with E-state index in [2.05, 4.69) is 5.10 Å². The molecular weight excluding hydrogens is 271 g/mol. The molecule has 0 spiro atoms. The van der Waals surface area contributed by atoms with Crippen LogP contribution < -0.4 is 5.73 Å². The van der Waals surface area contributed by atoms with Crippen molar-refractivity contribution in [3.8, 4) is 11.5 Å². The number of nitrogens with zero attached hydrogens (tertiary/aromatic N) is 2. The largest absolute Gasteiger partial charge is 0.454 e. The molecule has 0 saturated carbocycles. The Morgan fingerprint density at radius 3 is 2.60 bits per heavy atom. The van der Waals surface area contributed by atoms with Crippen LogP contribution in [0.3, 0.4) is 0 Å². The van der Waals surface area contributed by atoms with E-state index in [0.29, 0.717) is 22.5 Å². The zero-order chi connectivity index (χ0) is 14.5. The number of hydrogen-bond donors (Lipinski definition) is 1. The van der Waals surface area contributed by atoms with Crippen molar-refractivity contribution in [3.63, 3.8) is 0 Å². The third kappa shape index (κ3) is 1.91. The highest BCUT2D eigenvalue weighted by atomic mass is 19.4. The normalized spacial score (nSPS) is 12.2. The summed E-state index contributed by atoms with van der Waals surface area (Å²) in [6.45, 7) is 0. The molecule has 0 radical (unpaired) electrons. The van der Waals surface area contributed by atoms with Crippen LogP contribution in [-0.4, -0.2) is 9.78 Å². The molecule has 4 nitrogen and oxygen atoms in total. The van der Waals surface area contributed by atoms with Gasteiger partial charge in [-0.1, -0.05) is 6.07 Å². The second-order valence-electron chi connectivity index (χ2n) is 4.43. The number of nitrogen functional groups attached to an aromatic ring is 1.